The van der Waals surface area contributed by atoms with Gasteiger partial charge in [-0.1, -0.05) is 5.21 Å². The second-order valence-corrected chi connectivity index (χ2v) is 3.06. The summed E-state index contributed by atoms with van der Waals surface area (Å²) in [6, 6.07) is 1.25. The molecule has 5 nitrogen and oxygen atoms in total. The Hall–Kier alpha value is -2.38. The monoisotopic (exact) mass is 243 g/mol. The molecule has 0 unspecified atom stereocenters. The van der Waals surface area contributed by atoms with Gasteiger partial charge in [0.2, 0.25) is 0 Å². The van der Waals surface area contributed by atoms with Crippen LogP contribution in [-0.4, -0.2) is 26.1 Å². The Balaban J connectivity index is 2.61. The van der Waals surface area contributed by atoms with Crippen LogP contribution in [0.15, 0.2) is 18.3 Å². The molecular weight excluding hydrogens is 239 g/mol. The zero-order chi connectivity index (χ0) is 12.6. The predicted molar refractivity (Wildman–Crippen MR) is 48.2 cm³/mol. The zero-order valence-corrected chi connectivity index (χ0v) is 8.06. The smallest absolute Gasteiger partial charge is 0.356 e. The summed E-state index contributed by atoms with van der Waals surface area (Å²) in [5.74, 6) is -5.88. The highest BCUT2D eigenvalue weighted by Crippen LogP contribution is 2.17. The van der Waals surface area contributed by atoms with E-state index in [1.807, 2.05) is 0 Å². The van der Waals surface area contributed by atoms with Gasteiger partial charge in [0.05, 0.1) is 11.9 Å². The number of carboxylic acids is 1. The fraction of sp³-hybridized carbons (Fsp3) is 0. The number of halogens is 3. The van der Waals surface area contributed by atoms with Gasteiger partial charge in [0.15, 0.2) is 23.1 Å². The van der Waals surface area contributed by atoms with Crippen molar-refractivity contribution in [2.24, 2.45) is 0 Å². The number of benzene rings is 1. The molecule has 17 heavy (non-hydrogen) atoms. The molecule has 0 spiro atoms. The van der Waals surface area contributed by atoms with E-state index in [4.69, 9.17) is 5.11 Å². The van der Waals surface area contributed by atoms with Crippen molar-refractivity contribution in [1.82, 2.24) is 15.0 Å². The van der Waals surface area contributed by atoms with Crippen LogP contribution in [0.1, 0.15) is 10.5 Å². The van der Waals surface area contributed by atoms with Crippen LogP contribution >= 0.6 is 0 Å². The largest absolute Gasteiger partial charge is 0.476 e. The fourth-order valence-corrected chi connectivity index (χ4v) is 1.24. The maximum atomic E-state index is 12.9. The van der Waals surface area contributed by atoms with Gasteiger partial charge in [-0.3, -0.25) is 0 Å². The lowest BCUT2D eigenvalue weighted by atomic mass is 10.3. The number of nitrogens with zero attached hydrogens (tertiary/aromatic N) is 3. The Bertz CT molecular complexity index is 574. The van der Waals surface area contributed by atoms with Crippen molar-refractivity contribution in [1.29, 1.82) is 0 Å². The summed E-state index contributed by atoms with van der Waals surface area (Å²) >= 11 is 0. The predicted octanol–water partition coefficient (Wildman–Crippen LogP) is 1.38. The van der Waals surface area contributed by atoms with Gasteiger partial charge in [-0.2, -0.15) is 0 Å². The van der Waals surface area contributed by atoms with Crippen LogP contribution in [0.3, 0.4) is 0 Å². The van der Waals surface area contributed by atoms with Gasteiger partial charge in [0.25, 0.3) is 0 Å². The van der Waals surface area contributed by atoms with Crippen molar-refractivity contribution in [3.8, 4) is 5.69 Å². The van der Waals surface area contributed by atoms with Crippen LogP contribution in [0.25, 0.3) is 5.69 Å². The highest BCUT2D eigenvalue weighted by atomic mass is 19.2. The second-order valence-electron chi connectivity index (χ2n) is 3.06. The molecule has 0 radical (unpaired) electrons. The van der Waals surface area contributed by atoms with Gasteiger partial charge in [0.1, 0.15) is 0 Å². The van der Waals surface area contributed by atoms with E-state index in [9.17, 15) is 18.0 Å². The molecule has 1 N–H and O–H groups in total. The first-order valence-corrected chi connectivity index (χ1v) is 4.29. The molecule has 0 fully saturated rings. The Kier molecular flexibility index (Phi) is 2.54. The molecule has 2 rings (SSSR count). The maximum absolute atomic E-state index is 12.9. The number of rotatable bonds is 2. The quantitative estimate of drug-likeness (QED) is 0.809. The van der Waals surface area contributed by atoms with Gasteiger partial charge in [-0.05, 0) is 0 Å². The van der Waals surface area contributed by atoms with Crippen LogP contribution in [0.4, 0.5) is 13.2 Å². The number of hydrogen-bond acceptors (Lipinski definition) is 3. The Morgan fingerprint density at radius 1 is 1.24 bits per heavy atom. The lowest BCUT2D eigenvalue weighted by Gasteiger charge is -2.04. The molecular formula is C9H4F3N3O2. The minimum atomic E-state index is -1.63. The van der Waals surface area contributed by atoms with E-state index in [1.54, 1.807) is 0 Å². The van der Waals surface area contributed by atoms with Crippen molar-refractivity contribution in [3.63, 3.8) is 0 Å². The average Bonchev–Trinajstić information content (AvgIpc) is 2.74. The number of aromatic nitrogens is 3. The van der Waals surface area contributed by atoms with E-state index in [-0.39, 0.29) is 5.69 Å². The molecule has 8 heteroatoms. The van der Waals surface area contributed by atoms with Crippen molar-refractivity contribution in [2.75, 3.05) is 0 Å². The Labute approximate surface area is 92.1 Å². The van der Waals surface area contributed by atoms with Gasteiger partial charge >= 0.3 is 5.97 Å². The van der Waals surface area contributed by atoms with Crippen molar-refractivity contribution in [3.05, 3.63) is 41.5 Å². The van der Waals surface area contributed by atoms with E-state index in [2.05, 4.69) is 10.3 Å². The molecule has 0 bridgehead atoms. The summed E-state index contributed by atoms with van der Waals surface area (Å²) in [5.41, 5.74) is -0.660. The minimum Gasteiger partial charge on any atom is -0.476 e. The number of aromatic carboxylic acids is 1. The van der Waals surface area contributed by atoms with E-state index in [0.29, 0.717) is 16.8 Å². The third kappa shape index (κ3) is 1.84. The standard InChI is InChI=1S/C9H4F3N3O2/c10-5-1-4(2-6(11)8(5)12)15-7(9(16)17)3-13-14-15/h1-3H,(H,16,17). The molecule has 0 amide bonds. The highest BCUT2D eigenvalue weighted by molar-refractivity contribution is 5.85. The van der Waals surface area contributed by atoms with Crippen molar-refractivity contribution < 1.29 is 23.1 Å². The van der Waals surface area contributed by atoms with Gasteiger partial charge in [-0.25, -0.2) is 22.6 Å². The normalized spacial score (nSPS) is 10.5. The summed E-state index contributed by atoms with van der Waals surface area (Å²) < 4.78 is 39.3. The van der Waals surface area contributed by atoms with E-state index in [0.717, 1.165) is 6.20 Å². The van der Waals surface area contributed by atoms with Crippen LogP contribution in [0.5, 0.6) is 0 Å². The average molecular weight is 243 g/mol. The number of hydrogen-bond donors (Lipinski definition) is 1. The van der Waals surface area contributed by atoms with Gasteiger partial charge < -0.3 is 5.11 Å². The summed E-state index contributed by atoms with van der Waals surface area (Å²) in [7, 11) is 0. The minimum absolute atomic E-state index is 0.267. The highest BCUT2D eigenvalue weighted by Gasteiger charge is 2.17. The number of carboxylic acid groups (broad SMARTS) is 1. The van der Waals surface area contributed by atoms with E-state index in [1.165, 1.54) is 0 Å². The first kappa shape index (κ1) is 11.1. The second kappa shape index (κ2) is 3.89. The summed E-state index contributed by atoms with van der Waals surface area (Å²) in [6.45, 7) is 0. The molecule has 1 aromatic carbocycles. The van der Waals surface area contributed by atoms with Crippen LogP contribution in [-0.2, 0) is 0 Å². The molecule has 0 aliphatic rings. The third-order valence-electron chi connectivity index (χ3n) is 1.98. The molecule has 0 atom stereocenters. The third-order valence-corrected chi connectivity index (χ3v) is 1.98. The molecule has 1 heterocycles. The van der Waals surface area contributed by atoms with Gasteiger partial charge in [-0.15, -0.1) is 5.10 Å². The summed E-state index contributed by atoms with van der Waals surface area (Å²) in [4.78, 5) is 10.7. The topological polar surface area (TPSA) is 68.0 Å². The molecule has 0 saturated carbocycles. The first-order chi connectivity index (χ1) is 8.00. The van der Waals surface area contributed by atoms with E-state index >= 15 is 0 Å². The Morgan fingerprint density at radius 3 is 2.35 bits per heavy atom. The summed E-state index contributed by atoms with van der Waals surface area (Å²) in [6.07, 6.45) is 0.904. The lowest BCUT2D eigenvalue weighted by molar-refractivity contribution is 0.0687. The van der Waals surface area contributed by atoms with Crippen molar-refractivity contribution in [2.45, 2.75) is 0 Å². The fourth-order valence-electron chi connectivity index (χ4n) is 1.24. The molecule has 2 aromatic rings. The van der Waals surface area contributed by atoms with Crippen molar-refractivity contribution >= 4 is 5.97 Å². The van der Waals surface area contributed by atoms with Crippen LogP contribution < -0.4 is 0 Å². The van der Waals surface area contributed by atoms with E-state index < -0.39 is 29.1 Å². The SMILES string of the molecule is O=C(O)c1cnnn1-c1cc(F)c(F)c(F)c1. The maximum Gasteiger partial charge on any atom is 0.356 e. The molecule has 0 aliphatic heterocycles. The summed E-state index contributed by atoms with van der Waals surface area (Å²) in [5, 5.41) is 15.4. The molecule has 0 aliphatic carbocycles. The first-order valence-electron chi connectivity index (χ1n) is 4.29. The van der Waals surface area contributed by atoms with Crippen LogP contribution in [0.2, 0.25) is 0 Å². The molecule has 0 saturated heterocycles. The zero-order valence-electron chi connectivity index (χ0n) is 8.06. The lowest BCUT2D eigenvalue weighted by Crippen LogP contribution is -2.09. The molecule has 88 valence electrons. The Morgan fingerprint density at radius 2 is 1.82 bits per heavy atom. The number of carbonyl (C=O) groups is 1. The van der Waals surface area contributed by atoms with Gasteiger partial charge in [0, 0.05) is 12.1 Å². The molecule has 1 aromatic heterocycles. The van der Waals surface area contributed by atoms with Crippen LogP contribution in [0, 0.1) is 17.5 Å².